The van der Waals surface area contributed by atoms with Gasteiger partial charge in [-0.15, -0.1) is 0 Å². The second-order valence-corrected chi connectivity index (χ2v) is 7.84. The third-order valence-electron chi connectivity index (χ3n) is 5.89. The predicted octanol–water partition coefficient (Wildman–Crippen LogP) is 2.84. The minimum Gasteiger partial charge on any atom is -0.478 e. The van der Waals surface area contributed by atoms with E-state index in [2.05, 4.69) is 5.32 Å². The predicted molar refractivity (Wildman–Crippen MR) is 119 cm³/mol. The molecule has 2 aromatic heterocycles. The number of carbonyl (C=O) groups excluding carboxylic acids is 2. The molecule has 33 heavy (non-hydrogen) atoms. The van der Waals surface area contributed by atoms with Crippen molar-refractivity contribution < 1.29 is 24.4 Å². The van der Waals surface area contributed by atoms with Crippen LogP contribution < -0.4 is 5.32 Å². The zero-order valence-corrected chi connectivity index (χ0v) is 17.4. The van der Waals surface area contributed by atoms with E-state index in [1.165, 1.54) is 24.3 Å². The fourth-order valence-electron chi connectivity index (χ4n) is 4.37. The number of rotatable bonds is 4. The summed E-state index contributed by atoms with van der Waals surface area (Å²) in [6.07, 6.45) is 3.34. The van der Waals surface area contributed by atoms with Gasteiger partial charge in [0.25, 0.3) is 17.5 Å². The molecule has 2 aromatic carbocycles. The van der Waals surface area contributed by atoms with E-state index in [-0.39, 0.29) is 22.4 Å². The third kappa shape index (κ3) is 2.92. The Morgan fingerprint density at radius 3 is 1.94 bits per heavy atom. The van der Waals surface area contributed by atoms with Crippen LogP contribution in [0.4, 0.5) is 5.69 Å². The maximum Gasteiger partial charge on any atom is 0.335 e. The number of hydrogen-bond acceptors (Lipinski definition) is 5. The maximum atomic E-state index is 12.9. The van der Waals surface area contributed by atoms with Gasteiger partial charge in [-0.1, -0.05) is 6.07 Å². The van der Waals surface area contributed by atoms with Crippen LogP contribution in [0.1, 0.15) is 21.5 Å². The summed E-state index contributed by atoms with van der Waals surface area (Å²) in [4.78, 5) is 47.8. The number of non-ortho nitro benzene ring substituents is 1. The van der Waals surface area contributed by atoms with Crippen LogP contribution in [0.3, 0.4) is 0 Å². The van der Waals surface area contributed by atoms with Crippen molar-refractivity contribution in [2.75, 3.05) is 0 Å². The number of imide groups is 1. The lowest BCUT2D eigenvalue weighted by molar-refractivity contribution is -0.384. The number of hydrogen-bond donors (Lipinski definition) is 2. The Balaban J connectivity index is 1.80. The normalized spacial score (nSPS) is 13.9. The number of nitrogens with one attached hydrogen (secondary N) is 1. The first-order chi connectivity index (χ1) is 15.7. The highest BCUT2D eigenvalue weighted by Crippen LogP contribution is 2.39. The molecular weight excluding hydrogens is 428 g/mol. The average Bonchev–Trinajstić information content (AvgIpc) is 3.37. The summed E-state index contributed by atoms with van der Waals surface area (Å²) >= 11 is 0. The highest BCUT2D eigenvalue weighted by molar-refractivity contribution is 6.50. The van der Waals surface area contributed by atoms with Gasteiger partial charge in [0.1, 0.15) is 0 Å². The molecule has 0 atom stereocenters. The van der Waals surface area contributed by atoms with Gasteiger partial charge in [0.05, 0.1) is 27.1 Å². The van der Waals surface area contributed by atoms with E-state index in [0.29, 0.717) is 32.9 Å². The van der Waals surface area contributed by atoms with Crippen LogP contribution in [-0.4, -0.2) is 36.9 Å². The van der Waals surface area contributed by atoms with Gasteiger partial charge in [0, 0.05) is 66.0 Å². The first-order valence-electron chi connectivity index (χ1n) is 9.84. The molecule has 0 fully saturated rings. The van der Waals surface area contributed by atoms with Gasteiger partial charge in [0.15, 0.2) is 0 Å². The van der Waals surface area contributed by atoms with Crippen molar-refractivity contribution in [2.45, 2.75) is 0 Å². The van der Waals surface area contributed by atoms with E-state index in [9.17, 15) is 29.6 Å². The molecule has 4 aromatic rings. The molecule has 0 radical (unpaired) electrons. The van der Waals surface area contributed by atoms with E-state index in [1.807, 2.05) is 0 Å². The topological polar surface area (TPSA) is 136 Å². The van der Waals surface area contributed by atoms with E-state index in [4.69, 9.17) is 0 Å². The molecule has 10 heteroatoms. The number of nitro groups is 1. The first-order valence-corrected chi connectivity index (χ1v) is 9.84. The minimum atomic E-state index is -1.07. The van der Waals surface area contributed by atoms with Crippen molar-refractivity contribution in [3.63, 3.8) is 0 Å². The molecule has 0 spiro atoms. The van der Waals surface area contributed by atoms with E-state index in [0.717, 1.165) is 0 Å². The highest BCUT2D eigenvalue weighted by atomic mass is 16.6. The molecule has 2 N–H and O–H groups in total. The quantitative estimate of drug-likeness (QED) is 0.282. The third-order valence-corrected chi connectivity index (χ3v) is 5.89. The summed E-state index contributed by atoms with van der Waals surface area (Å²) in [6.45, 7) is 0. The number of aromatic carboxylic acids is 1. The molecular formula is C23H16N4O6. The summed E-state index contributed by atoms with van der Waals surface area (Å²) in [7, 11) is 3.43. The number of nitro benzene ring substituents is 1. The minimum absolute atomic E-state index is 0.0836. The summed E-state index contributed by atoms with van der Waals surface area (Å²) in [6, 6.07) is 8.89. The monoisotopic (exact) mass is 444 g/mol. The molecule has 2 amide bonds. The zero-order valence-electron chi connectivity index (χ0n) is 17.4. The fourth-order valence-corrected chi connectivity index (χ4v) is 4.37. The number of carbonyl (C=O) groups is 3. The average molecular weight is 444 g/mol. The van der Waals surface area contributed by atoms with Gasteiger partial charge < -0.3 is 14.2 Å². The smallest absolute Gasteiger partial charge is 0.335 e. The van der Waals surface area contributed by atoms with Crippen molar-refractivity contribution in [3.05, 3.63) is 75.6 Å². The Labute approximate surface area is 185 Å². The summed E-state index contributed by atoms with van der Waals surface area (Å²) in [5.41, 5.74) is 2.45. The van der Waals surface area contributed by atoms with Gasteiger partial charge in [-0.05, 0) is 18.2 Å². The second kappa shape index (κ2) is 6.89. The summed E-state index contributed by atoms with van der Waals surface area (Å²) in [5, 5.41) is 24.0. The van der Waals surface area contributed by atoms with Crippen LogP contribution in [0.5, 0.6) is 0 Å². The fraction of sp³-hybridized carbons (Fsp3) is 0.0870. The Hall–Kier alpha value is -4.73. The van der Waals surface area contributed by atoms with Crippen molar-refractivity contribution in [2.24, 2.45) is 14.1 Å². The molecule has 0 aliphatic carbocycles. The zero-order chi connectivity index (χ0) is 23.6. The second-order valence-electron chi connectivity index (χ2n) is 7.84. The Bertz CT molecular complexity index is 1490. The molecule has 1 aliphatic heterocycles. The largest absolute Gasteiger partial charge is 0.478 e. The van der Waals surface area contributed by atoms with Gasteiger partial charge in [-0.25, -0.2) is 4.79 Å². The standard InChI is InChI=1S/C23H16N4O6/c1-25-9-15(13-5-3-11(23(30)31)7-17(13)25)19-20(22(29)24-21(19)28)16-10-26(2)18-8-12(27(32)33)4-6-14(16)18/h3-10H,1-2H3,(H,30,31)(H,24,28,29). The lowest BCUT2D eigenvalue weighted by Crippen LogP contribution is -2.22. The van der Waals surface area contributed by atoms with Gasteiger partial charge >= 0.3 is 5.97 Å². The Kier molecular flexibility index (Phi) is 4.21. The molecule has 0 bridgehead atoms. The molecule has 0 saturated heterocycles. The lowest BCUT2D eigenvalue weighted by Gasteiger charge is -2.03. The number of aromatic nitrogens is 2. The molecule has 1 aliphatic rings. The van der Waals surface area contributed by atoms with Gasteiger partial charge in [0.2, 0.25) is 0 Å². The molecule has 0 unspecified atom stereocenters. The van der Waals surface area contributed by atoms with Crippen LogP contribution in [0.2, 0.25) is 0 Å². The molecule has 5 rings (SSSR count). The molecule has 0 saturated carbocycles. The van der Waals surface area contributed by atoms with Crippen molar-refractivity contribution >= 4 is 56.4 Å². The van der Waals surface area contributed by atoms with E-state index in [1.54, 1.807) is 47.8 Å². The van der Waals surface area contributed by atoms with Crippen LogP contribution >= 0.6 is 0 Å². The van der Waals surface area contributed by atoms with Crippen molar-refractivity contribution in [1.29, 1.82) is 0 Å². The van der Waals surface area contributed by atoms with Crippen molar-refractivity contribution in [3.8, 4) is 0 Å². The molecule has 164 valence electrons. The van der Waals surface area contributed by atoms with E-state index < -0.39 is 22.7 Å². The van der Waals surface area contributed by atoms with Gasteiger partial charge in [-0.2, -0.15) is 0 Å². The SMILES string of the molecule is Cn1cc(C2=C(c3cn(C)c4cc([N+](=O)[O-])ccc34)C(=O)NC2=O)c2ccc(C(=O)O)cc21. The summed E-state index contributed by atoms with van der Waals surface area (Å²) < 4.78 is 3.37. The number of carboxylic acids is 1. The van der Waals surface area contributed by atoms with Gasteiger partial charge in [-0.3, -0.25) is 25.0 Å². The number of amides is 2. The van der Waals surface area contributed by atoms with Crippen LogP contribution in [0.15, 0.2) is 48.8 Å². The number of fused-ring (bicyclic) bond motifs is 2. The lowest BCUT2D eigenvalue weighted by atomic mass is 9.95. The first kappa shape index (κ1) is 20.2. The van der Waals surface area contributed by atoms with Crippen LogP contribution in [0, 0.1) is 10.1 Å². The number of nitrogens with zero attached hydrogens (tertiary/aromatic N) is 3. The van der Waals surface area contributed by atoms with E-state index >= 15 is 0 Å². The maximum absolute atomic E-state index is 12.9. The number of benzene rings is 2. The Morgan fingerprint density at radius 1 is 0.909 bits per heavy atom. The molecule has 3 heterocycles. The molecule has 10 nitrogen and oxygen atoms in total. The van der Waals surface area contributed by atoms with Crippen LogP contribution in [-0.2, 0) is 23.7 Å². The van der Waals surface area contributed by atoms with Crippen molar-refractivity contribution in [1.82, 2.24) is 14.5 Å². The number of aryl methyl sites for hydroxylation is 2. The number of carboxylic acid groups (broad SMARTS) is 1. The Morgan fingerprint density at radius 2 is 1.42 bits per heavy atom. The highest BCUT2D eigenvalue weighted by Gasteiger charge is 2.35. The summed E-state index contributed by atoms with van der Waals surface area (Å²) in [5.74, 6) is -2.21. The van der Waals surface area contributed by atoms with Crippen LogP contribution in [0.25, 0.3) is 33.0 Å².